The summed E-state index contributed by atoms with van der Waals surface area (Å²) in [7, 11) is 0. The molecule has 21 heavy (non-hydrogen) atoms. The summed E-state index contributed by atoms with van der Waals surface area (Å²) in [4.78, 5) is 11.5. The molecular formula is C14H14F3NO3. The summed E-state index contributed by atoms with van der Waals surface area (Å²) in [6.07, 6.45) is -4.46. The molecule has 1 rings (SSSR count). The molecule has 0 aromatic heterocycles. The highest BCUT2D eigenvalue weighted by Crippen LogP contribution is 2.15. The van der Waals surface area contributed by atoms with Gasteiger partial charge >= 0.3 is 6.18 Å². The van der Waals surface area contributed by atoms with E-state index in [-0.39, 0.29) is 6.61 Å². The van der Waals surface area contributed by atoms with Gasteiger partial charge in [0.25, 0.3) is 0 Å². The van der Waals surface area contributed by atoms with Crippen LogP contribution in [0.3, 0.4) is 0 Å². The number of anilines is 1. The van der Waals surface area contributed by atoms with Crippen LogP contribution in [0.25, 0.3) is 0 Å². The van der Waals surface area contributed by atoms with Gasteiger partial charge in [0, 0.05) is 11.3 Å². The van der Waals surface area contributed by atoms with Crippen molar-refractivity contribution >= 4 is 11.6 Å². The molecule has 0 saturated heterocycles. The maximum absolute atomic E-state index is 11.9. The van der Waals surface area contributed by atoms with E-state index in [2.05, 4.69) is 21.9 Å². The van der Waals surface area contributed by atoms with Crippen LogP contribution in [0.5, 0.6) is 0 Å². The van der Waals surface area contributed by atoms with Gasteiger partial charge in [-0.15, -0.1) is 0 Å². The second kappa shape index (κ2) is 7.67. The Labute approximate surface area is 119 Å². The van der Waals surface area contributed by atoms with Gasteiger partial charge in [0.1, 0.15) is 19.8 Å². The summed E-state index contributed by atoms with van der Waals surface area (Å²) in [6, 6.07) is 4.95. The molecule has 0 spiro atoms. The lowest BCUT2D eigenvalue weighted by Crippen LogP contribution is -2.24. The van der Waals surface area contributed by atoms with Crippen LogP contribution >= 0.6 is 0 Å². The zero-order valence-corrected chi connectivity index (χ0v) is 11.3. The first-order valence-electron chi connectivity index (χ1n) is 5.96. The van der Waals surface area contributed by atoms with Gasteiger partial charge in [0.2, 0.25) is 5.91 Å². The first-order chi connectivity index (χ1) is 9.80. The van der Waals surface area contributed by atoms with Gasteiger partial charge in [0.15, 0.2) is 0 Å². The van der Waals surface area contributed by atoms with Crippen LogP contribution < -0.4 is 5.32 Å². The van der Waals surface area contributed by atoms with E-state index in [1.807, 2.05) is 0 Å². The maximum Gasteiger partial charge on any atom is 0.411 e. The maximum atomic E-state index is 11.9. The minimum Gasteiger partial charge on any atom is -0.384 e. The normalized spacial score (nSPS) is 10.7. The summed E-state index contributed by atoms with van der Waals surface area (Å²) in [6.45, 7) is -0.673. The minimum atomic E-state index is -4.46. The number of alkyl halides is 3. The van der Waals surface area contributed by atoms with Crippen LogP contribution in [0.1, 0.15) is 11.1 Å². The highest BCUT2D eigenvalue weighted by Gasteiger charge is 2.27. The predicted octanol–water partition coefficient (Wildman–Crippen LogP) is 1.86. The zero-order valence-electron chi connectivity index (χ0n) is 11.3. The van der Waals surface area contributed by atoms with Crippen LogP contribution in [0.15, 0.2) is 18.2 Å². The molecule has 7 heteroatoms. The van der Waals surface area contributed by atoms with Gasteiger partial charge in [0.05, 0.1) is 0 Å². The minimum absolute atomic E-state index is 0.291. The molecule has 0 aliphatic carbocycles. The van der Waals surface area contributed by atoms with Gasteiger partial charge in [-0.2, -0.15) is 13.2 Å². The van der Waals surface area contributed by atoms with Gasteiger partial charge in [-0.25, -0.2) is 0 Å². The number of rotatable bonds is 4. The topological polar surface area (TPSA) is 58.6 Å². The average molecular weight is 301 g/mol. The Kier molecular flexibility index (Phi) is 6.21. The summed E-state index contributed by atoms with van der Waals surface area (Å²) >= 11 is 0. The molecule has 2 N–H and O–H groups in total. The van der Waals surface area contributed by atoms with Crippen molar-refractivity contribution in [3.05, 3.63) is 29.3 Å². The number of carbonyl (C=O) groups is 1. The summed E-state index contributed by atoms with van der Waals surface area (Å²) in [5, 5.41) is 11.0. The number of nitrogens with one attached hydrogen (secondary N) is 1. The van der Waals surface area contributed by atoms with Crippen molar-refractivity contribution in [3.63, 3.8) is 0 Å². The molecule has 0 saturated carbocycles. The van der Waals surface area contributed by atoms with E-state index in [9.17, 15) is 18.0 Å². The van der Waals surface area contributed by atoms with E-state index in [0.29, 0.717) is 11.3 Å². The number of ether oxygens (including phenoxy) is 1. The summed E-state index contributed by atoms with van der Waals surface area (Å²) < 4.78 is 39.9. The number of aliphatic hydroxyl groups excluding tert-OH is 1. The summed E-state index contributed by atoms with van der Waals surface area (Å²) in [5.41, 5.74) is 1.79. The number of hydrogen-bond donors (Lipinski definition) is 2. The third-order valence-electron chi connectivity index (χ3n) is 2.17. The molecule has 0 unspecified atom stereocenters. The lowest BCUT2D eigenvalue weighted by molar-refractivity contribution is -0.174. The highest BCUT2D eigenvalue weighted by molar-refractivity contribution is 5.92. The number of hydrogen-bond acceptors (Lipinski definition) is 3. The molecule has 0 atom stereocenters. The Morgan fingerprint density at radius 3 is 2.71 bits per heavy atom. The quantitative estimate of drug-likeness (QED) is 0.835. The highest BCUT2D eigenvalue weighted by atomic mass is 19.4. The van der Waals surface area contributed by atoms with Crippen molar-refractivity contribution in [2.75, 3.05) is 25.1 Å². The van der Waals surface area contributed by atoms with Gasteiger partial charge in [-0.3, -0.25) is 4.79 Å². The van der Waals surface area contributed by atoms with Crippen molar-refractivity contribution in [2.45, 2.75) is 13.1 Å². The van der Waals surface area contributed by atoms with Crippen LogP contribution in [-0.2, 0) is 9.53 Å². The number of carbonyl (C=O) groups excluding carboxylic acids is 1. The van der Waals surface area contributed by atoms with Crippen molar-refractivity contribution in [3.8, 4) is 11.8 Å². The van der Waals surface area contributed by atoms with E-state index in [1.54, 1.807) is 25.1 Å². The Morgan fingerprint density at radius 1 is 1.38 bits per heavy atom. The average Bonchev–Trinajstić information content (AvgIpc) is 2.34. The third-order valence-corrected chi connectivity index (χ3v) is 2.17. The number of amides is 1. The molecule has 0 aliphatic rings. The van der Waals surface area contributed by atoms with Gasteiger partial charge in [-0.1, -0.05) is 11.8 Å². The molecule has 0 fully saturated rings. The molecule has 0 heterocycles. The molecule has 0 aliphatic heterocycles. The van der Waals surface area contributed by atoms with Gasteiger partial charge < -0.3 is 15.2 Å². The van der Waals surface area contributed by atoms with Crippen LogP contribution in [0.4, 0.5) is 18.9 Å². The largest absolute Gasteiger partial charge is 0.411 e. The lowest BCUT2D eigenvalue weighted by Gasteiger charge is -2.09. The lowest BCUT2D eigenvalue weighted by atomic mass is 10.1. The SMILES string of the molecule is Cc1cc(C#CCO)cc(NC(=O)COCC(F)(F)F)c1. The smallest absolute Gasteiger partial charge is 0.384 e. The Hall–Kier alpha value is -2.04. The fourth-order valence-corrected chi connectivity index (χ4v) is 1.53. The first kappa shape index (κ1) is 17.0. The Morgan fingerprint density at radius 2 is 2.10 bits per heavy atom. The zero-order chi connectivity index (χ0) is 15.9. The van der Waals surface area contributed by atoms with Crippen LogP contribution in [0, 0.1) is 18.8 Å². The number of halogens is 3. The van der Waals surface area contributed by atoms with E-state index < -0.39 is 25.3 Å². The Balaban J connectivity index is 2.61. The second-order valence-corrected chi connectivity index (χ2v) is 4.20. The van der Waals surface area contributed by atoms with E-state index >= 15 is 0 Å². The van der Waals surface area contributed by atoms with Crippen molar-refractivity contribution in [2.24, 2.45) is 0 Å². The van der Waals surface area contributed by atoms with Crippen LogP contribution in [0.2, 0.25) is 0 Å². The fourth-order valence-electron chi connectivity index (χ4n) is 1.53. The van der Waals surface area contributed by atoms with Crippen molar-refractivity contribution in [1.82, 2.24) is 0 Å². The second-order valence-electron chi connectivity index (χ2n) is 4.20. The molecule has 4 nitrogen and oxygen atoms in total. The monoisotopic (exact) mass is 301 g/mol. The standard InChI is InChI=1S/C14H14F3NO3/c1-10-5-11(3-2-4-19)7-12(6-10)18-13(20)8-21-9-14(15,16)17/h5-7,19H,4,8-9H2,1H3,(H,18,20). The van der Waals surface area contributed by atoms with E-state index in [4.69, 9.17) is 5.11 Å². The number of benzene rings is 1. The molecule has 0 radical (unpaired) electrons. The number of aliphatic hydroxyl groups is 1. The number of aryl methyl sites for hydroxylation is 1. The van der Waals surface area contributed by atoms with Crippen molar-refractivity contribution in [1.29, 1.82) is 0 Å². The molecule has 0 bridgehead atoms. The third kappa shape index (κ3) is 7.34. The van der Waals surface area contributed by atoms with Gasteiger partial charge in [-0.05, 0) is 30.7 Å². The molecule has 114 valence electrons. The van der Waals surface area contributed by atoms with E-state index in [0.717, 1.165) is 5.56 Å². The Bertz CT molecular complexity index is 559. The molecule has 1 aromatic rings. The molecular weight excluding hydrogens is 287 g/mol. The summed E-state index contributed by atoms with van der Waals surface area (Å²) in [5.74, 6) is 4.46. The van der Waals surface area contributed by atoms with E-state index in [1.165, 1.54) is 0 Å². The molecule has 1 amide bonds. The first-order valence-corrected chi connectivity index (χ1v) is 5.96. The fraction of sp³-hybridized carbons (Fsp3) is 0.357. The van der Waals surface area contributed by atoms with Crippen LogP contribution in [-0.4, -0.2) is 37.0 Å². The predicted molar refractivity (Wildman–Crippen MR) is 70.6 cm³/mol. The van der Waals surface area contributed by atoms with Crippen molar-refractivity contribution < 1.29 is 27.8 Å². The molecule has 1 aromatic carbocycles.